The average molecular weight is 435 g/mol. The van der Waals surface area contributed by atoms with Gasteiger partial charge in [-0.25, -0.2) is 4.79 Å². The fourth-order valence-electron chi connectivity index (χ4n) is 5.78. The largest absolute Gasteiger partial charge is 0.378 e. The summed E-state index contributed by atoms with van der Waals surface area (Å²) in [5.74, 6) is 0.569. The molecule has 1 aromatic heterocycles. The summed E-state index contributed by atoms with van der Waals surface area (Å²) in [6.45, 7) is 2.13. The first-order chi connectivity index (χ1) is 15.5. The second-order valence-electron chi connectivity index (χ2n) is 10.0. The zero-order valence-corrected chi connectivity index (χ0v) is 19.2. The minimum Gasteiger partial charge on any atom is -0.378 e. The van der Waals surface area contributed by atoms with Crippen molar-refractivity contribution in [3.8, 4) is 11.1 Å². The van der Waals surface area contributed by atoms with Crippen LogP contribution in [0.1, 0.15) is 50.1 Å². The SMILES string of the molecule is CN(C)c1ccc(-c2ccc3n(c2=O)C[C@H]2C[C@@H]3CN(C(=O)NC3CCCCC3)C2)cc1. The fraction of sp³-hybridized carbons (Fsp3) is 0.538. The number of benzene rings is 1. The molecule has 2 fully saturated rings. The maximum Gasteiger partial charge on any atom is 0.317 e. The van der Waals surface area contributed by atoms with Crippen molar-refractivity contribution in [2.24, 2.45) is 5.92 Å². The van der Waals surface area contributed by atoms with E-state index in [-0.39, 0.29) is 17.5 Å². The van der Waals surface area contributed by atoms with E-state index in [1.54, 1.807) is 0 Å². The Morgan fingerprint density at radius 2 is 1.72 bits per heavy atom. The molecule has 1 aromatic carbocycles. The van der Waals surface area contributed by atoms with E-state index < -0.39 is 0 Å². The van der Waals surface area contributed by atoms with E-state index in [9.17, 15) is 9.59 Å². The predicted octanol–water partition coefficient (Wildman–Crippen LogP) is 4.04. The summed E-state index contributed by atoms with van der Waals surface area (Å²) >= 11 is 0. The first-order valence-electron chi connectivity index (χ1n) is 12.1. The number of likely N-dealkylation sites (tertiary alicyclic amines) is 1. The number of amides is 2. The molecule has 1 saturated heterocycles. The number of fused-ring (bicyclic) bond motifs is 4. The van der Waals surface area contributed by atoms with Gasteiger partial charge in [-0.1, -0.05) is 31.4 Å². The molecule has 3 heterocycles. The maximum atomic E-state index is 13.4. The second-order valence-corrected chi connectivity index (χ2v) is 10.0. The molecule has 5 rings (SSSR count). The Labute approximate surface area is 190 Å². The summed E-state index contributed by atoms with van der Waals surface area (Å²) in [5, 5.41) is 3.27. The number of piperidine rings is 1. The van der Waals surface area contributed by atoms with E-state index in [2.05, 4.69) is 28.4 Å². The molecule has 0 radical (unpaired) electrons. The quantitative estimate of drug-likeness (QED) is 0.793. The predicted molar refractivity (Wildman–Crippen MR) is 128 cm³/mol. The lowest BCUT2D eigenvalue weighted by Gasteiger charge is -2.43. The van der Waals surface area contributed by atoms with Crippen LogP contribution < -0.4 is 15.8 Å². The van der Waals surface area contributed by atoms with Gasteiger partial charge in [0.15, 0.2) is 0 Å². The van der Waals surface area contributed by atoms with Gasteiger partial charge in [-0.2, -0.15) is 0 Å². The average Bonchev–Trinajstić information content (AvgIpc) is 2.80. The van der Waals surface area contributed by atoms with Crippen molar-refractivity contribution in [2.75, 3.05) is 32.1 Å². The Morgan fingerprint density at radius 1 is 0.969 bits per heavy atom. The molecule has 0 unspecified atom stereocenters. The molecule has 1 N–H and O–H groups in total. The van der Waals surface area contributed by atoms with E-state index in [1.807, 2.05) is 41.8 Å². The number of pyridine rings is 1. The van der Waals surface area contributed by atoms with Crippen LogP contribution in [0.2, 0.25) is 0 Å². The van der Waals surface area contributed by atoms with Crippen LogP contribution in [0.4, 0.5) is 10.5 Å². The Morgan fingerprint density at radius 3 is 2.44 bits per heavy atom. The Kier molecular flexibility index (Phi) is 5.70. The van der Waals surface area contributed by atoms with Gasteiger partial charge in [0.25, 0.3) is 5.56 Å². The third-order valence-electron chi connectivity index (χ3n) is 7.52. The summed E-state index contributed by atoms with van der Waals surface area (Å²) < 4.78 is 1.98. The Hall–Kier alpha value is -2.76. The minimum atomic E-state index is 0.0833. The molecule has 2 aromatic rings. The number of carbonyl (C=O) groups is 1. The first kappa shape index (κ1) is 21.1. The molecule has 2 atom stereocenters. The molecule has 2 bridgehead atoms. The number of carbonyl (C=O) groups excluding carboxylic acids is 1. The van der Waals surface area contributed by atoms with E-state index in [1.165, 1.54) is 19.3 Å². The van der Waals surface area contributed by atoms with Crippen LogP contribution >= 0.6 is 0 Å². The van der Waals surface area contributed by atoms with Gasteiger partial charge in [0, 0.05) is 62.6 Å². The van der Waals surface area contributed by atoms with Crippen molar-refractivity contribution in [3.63, 3.8) is 0 Å². The van der Waals surface area contributed by atoms with E-state index in [0.717, 1.165) is 48.3 Å². The van der Waals surface area contributed by atoms with Gasteiger partial charge < -0.3 is 19.7 Å². The van der Waals surface area contributed by atoms with Crippen molar-refractivity contribution in [3.05, 3.63) is 52.4 Å². The number of nitrogens with one attached hydrogen (secondary N) is 1. The highest BCUT2D eigenvalue weighted by molar-refractivity contribution is 5.75. The molecule has 2 aliphatic heterocycles. The summed E-state index contributed by atoms with van der Waals surface area (Å²) in [4.78, 5) is 30.4. The second kappa shape index (κ2) is 8.64. The molecule has 1 aliphatic carbocycles. The van der Waals surface area contributed by atoms with Gasteiger partial charge in [0.05, 0.1) is 0 Å². The molecule has 32 heavy (non-hydrogen) atoms. The molecule has 170 valence electrons. The normalized spacial score (nSPS) is 22.9. The summed E-state index contributed by atoms with van der Waals surface area (Å²) in [6, 6.07) is 12.7. The van der Waals surface area contributed by atoms with Crippen molar-refractivity contribution >= 4 is 11.7 Å². The molecule has 0 spiro atoms. The van der Waals surface area contributed by atoms with Gasteiger partial charge in [-0.05, 0) is 55.0 Å². The zero-order chi connectivity index (χ0) is 22.2. The van der Waals surface area contributed by atoms with Crippen molar-refractivity contribution in [1.82, 2.24) is 14.8 Å². The van der Waals surface area contributed by atoms with Crippen molar-refractivity contribution in [1.29, 1.82) is 0 Å². The lowest BCUT2D eigenvalue weighted by atomic mass is 9.83. The highest BCUT2D eigenvalue weighted by atomic mass is 16.2. The molecule has 1 saturated carbocycles. The number of anilines is 1. The molecule has 6 heteroatoms. The number of rotatable bonds is 3. The number of aromatic nitrogens is 1. The summed E-state index contributed by atoms with van der Waals surface area (Å²) in [5.41, 5.74) is 4.00. The van der Waals surface area contributed by atoms with Gasteiger partial charge in [0.2, 0.25) is 0 Å². The van der Waals surface area contributed by atoms with Crippen LogP contribution in [-0.2, 0) is 6.54 Å². The van der Waals surface area contributed by atoms with Crippen LogP contribution in [0, 0.1) is 5.92 Å². The maximum absolute atomic E-state index is 13.4. The van der Waals surface area contributed by atoms with Crippen LogP contribution in [0.25, 0.3) is 11.1 Å². The van der Waals surface area contributed by atoms with Crippen molar-refractivity contribution < 1.29 is 4.79 Å². The third-order valence-corrected chi connectivity index (χ3v) is 7.52. The van der Waals surface area contributed by atoms with Crippen molar-refractivity contribution in [2.45, 2.75) is 57.0 Å². The highest BCUT2D eigenvalue weighted by Crippen LogP contribution is 2.36. The topological polar surface area (TPSA) is 57.6 Å². The van der Waals surface area contributed by atoms with Crippen LogP contribution in [0.5, 0.6) is 0 Å². The summed E-state index contributed by atoms with van der Waals surface area (Å²) in [6.07, 6.45) is 6.97. The number of hydrogen-bond acceptors (Lipinski definition) is 3. The number of urea groups is 1. The molecular formula is C26H34N4O2. The van der Waals surface area contributed by atoms with E-state index in [4.69, 9.17) is 0 Å². The van der Waals surface area contributed by atoms with Gasteiger partial charge in [-0.15, -0.1) is 0 Å². The monoisotopic (exact) mass is 434 g/mol. The van der Waals surface area contributed by atoms with E-state index in [0.29, 0.717) is 25.0 Å². The molecule has 6 nitrogen and oxygen atoms in total. The van der Waals surface area contributed by atoms with Crippen LogP contribution in [-0.4, -0.2) is 48.7 Å². The molecule has 2 amide bonds. The Balaban J connectivity index is 1.35. The lowest BCUT2D eigenvalue weighted by Crippen LogP contribution is -2.53. The summed E-state index contributed by atoms with van der Waals surface area (Å²) in [7, 11) is 4.03. The van der Waals surface area contributed by atoms with Gasteiger partial charge in [0.1, 0.15) is 0 Å². The first-order valence-corrected chi connectivity index (χ1v) is 12.1. The van der Waals surface area contributed by atoms with Gasteiger partial charge in [-0.3, -0.25) is 4.79 Å². The number of hydrogen-bond donors (Lipinski definition) is 1. The van der Waals surface area contributed by atoms with Gasteiger partial charge >= 0.3 is 6.03 Å². The Bertz CT molecular complexity index is 1040. The van der Waals surface area contributed by atoms with Crippen LogP contribution in [0.3, 0.4) is 0 Å². The zero-order valence-electron chi connectivity index (χ0n) is 19.2. The van der Waals surface area contributed by atoms with E-state index >= 15 is 0 Å². The number of nitrogens with zero attached hydrogens (tertiary/aromatic N) is 3. The van der Waals surface area contributed by atoms with Crippen LogP contribution in [0.15, 0.2) is 41.2 Å². The molecular weight excluding hydrogens is 400 g/mol. The molecule has 3 aliphatic rings. The minimum absolute atomic E-state index is 0.0833. The standard InChI is InChI=1S/C26H34N4O2/c1-28(2)22-10-8-19(9-11-22)23-12-13-24-20-14-18(16-30(24)25(23)31)15-29(17-20)26(32)27-21-6-4-3-5-7-21/h8-13,18,20-21H,3-7,14-17H2,1-2H3,(H,27,32)/t18-,20+/m0/s1. The third kappa shape index (κ3) is 4.03. The highest BCUT2D eigenvalue weighted by Gasteiger charge is 2.37. The smallest absolute Gasteiger partial charge is 0.317 e. The fourth-order valence-corrected chi connectivity index (χ4v) is 5.78. The lowest BCUT2D eigenvalue weighted by molar-refractivity contribution is 0.127.